The van der Waals surface area contributed by atoms with Crippen LogP contribution in [0.15, 0.2) is 16.9 Å². The summed E-state index contributed by atoms with van der Waals surface area (Å²) >= 11 is 0. The summed E-state index contributed by atoms with van der Waals surface area (Å²) in [6, 6.07) is 0. The van der Waals surface area contributed by atoms with E-state index in [0.29, 0.717) is 30.4 Å². The van der Waals surface area contributed by atoms with Crippen molar-refractivity contribution in [2.45, 2.75) is 31.8 Å². The summed E-state index contributed by atoms with van der Waals surface area (Å²) in [5.41, 5.74) is 0.986. The maximum atomic E-state index is 9.22. The van der Waals surface area contributed by atoms with Crippen LogP contribution in [0.4, 0.5) is 0 Å². The number of hydrogen-bond donors (Lipinski definition) is 1. The SMILES string of the molecule is Cc1cnc(-c2noc(C3CC(O)C3)n2)nc1. The number of aliphatic hydroxyl groups excluding tert-OH is 1. The van der Waals surface area contributed by atoms with Gasteiger partial charge < -0.3 is 9.63 Å². The lowest BCUT2D eigenvalue weighted by Crippen LogP contribution is -2.26. The Hall–Kier alpha value is -1.82. The minimum Gasteiger partial charge on any atom is -0.393 e. The largest absolute Gasteiger partial charge is 0.393 e. The van der Waals surface area contributed by atoms with E-state index in [2.05, 4.69) is 20.1 Å². The van der Waals surface area contributed by atoms with E-state index < -0.39 is 0 Å². The molecular weight excluding hydrogens is 220 g/mol. The van der Waals surface area contributed by atoms with E-state index in [1.165, 1.54) is 0 Å². The summed E-state index contributed by atoms with van der Waals surface area (Å²) < 4.78 is 5.15. The highest BCUT2D eigenvalue weighted by molar-refractivity contribution is 5.41. The van der Waals surface area contributed by atoms with Gasteiger partial charge in [0.1, 0.15) is 0 Å². The zero-order valence-electron chi connectivity index (χ0n) is 9.37. The molecule has 0 radical (unpaired) electrons. The standard InChI is InChI=1S/C11H12N4O2/c1-6-4-12-9(13-5-6)10-14-11(17-15-10)7-2-8(16)3-7/h4-5,7-8,16H,2-3H2,1H3. The Labute approximate surface area is 97.7 Å². The molecule has 0 aromatic carbocycles. The van der Waals surface area contributed by atoms with Gasteiger partial charge in [-0.3, -0.25) is 0 Å². The molecule has 6 heteroatoms. The van der Waals surface area contributed by atoms with Crippen molar-refractivity contribution in [1.29, 1.82) is 0 Å². The molecular formula is C11H12N4O2. The van der Waals surface area contributed by atoms with Crippen molar-refractivity contribution in [3.8, 4) is 11.6 Å². The van der Waals surface area contributed by atoms with E-state index in [1.807, 2.05) is 6.92 Å². The van der Waals surface area contributed by atoms with Crippen molar-refractivity contribution in [1.82, 2.24) is 20.1 Å². The third kappa shape index (κ3) is 1.91. The lowest BCUT2D eigenvalue weighted by Gasteiger charge is -2.27. The van der Waals surface area contributed by atoms with E-state index in [1.54, 1.807) is 12.4 Å². The number of nitrogens with zero attached hydrogens (tertiary/aromatic N) is 4. The molecule has 2 heterocycles. The first-order valence-corrected chi connectivity index (χ1v) is 5.53. The molecule has 17 heavy (non-hydrogen) atoms. The predicted molar refractivity (Wildman–Crippen MR) is 58.0 cm³/mol. The summed E-state index contributed by atoms with van der Waals surface area (Å²) in [7, 11) is 0. The van der Waals surface area contributed by atoms with Crippen molar-refractivity contribution in [2.75, 3.05) is 0 Å². The van der Waals surface area contributed by atoms with Crippen molar-refractivity contribution in [2.24, 2.45) is 0 Å². The Bertz CT molecular complexity index is 517. The molecule has 1 aliphatic carbocycles. The Kier molecular flexibility index (Phi) is 2.36. The minimum atomic E-state index is -0.231. The van der Waals surface area contributed by atoms with Gasteiger partial charge in [-0.15, -0.1) is 0 Å². The second-order valence-electron chi connectivity index (χ2n) is 4.36. The van der Waals surface area contributed by atoms with Crippen LogP contribution in [-0.2, 0) is 0 Å². The molecule has 0 amide bonds. The summed E-state index contributed by atoms with van der Waals surface area (Å²) in [5.74, 6) is 1.61. The molecule has 2 aromatic rings. The quantitative estimate of drug-likeness (QED) is 0.833. The molecule has 0 unspecified atom stereocenters. The highest BCUT2D eigenvalue weighted by Gasteiger charge is 2.33. The summed E-state index contributed by atoms with van der Waals surface area (Å²) in [4.78, 5) is 12.5. The molecule has 1 saturated carbocycles. The lowest BCUT2D eigenvalue weighted by atomic mass is 9.82. The molecule has 88 valence electrons. The second kappa shape index (κ2) is 3.89. The molecule has 1 fully saturated rings. The van der Waals surface area contributed by atoms with Crippen molar-refractivity contribution < 1.29 is 9.63 Å². The number of rotatable bonds is 2. The average Bonchev–Trinajstić information content (AvgIpc) is 2.75. The van der Waals surface area contributed by atoms with Crippen molar-refractivity contribution >= 4 is 0 Å². The van der Waals surface area contributed by atoms with Gasteiger partial charge in [-0.1, -0.05) is 5.16 Å². The molecule has 0 saturated heterocycles. The van der Waals surface area contributed by atoms with Gasteiger partial charge in [0.2, 0.25) is 17.5 Å². The predicted octanol–water partition coefficient (Wildman–Crippen LogP) is 1.07. The molecule has 6 nitrogen and oxygen atoms in total. The number of hydrogen-bond acceptors (Lipinski definition) is 6. The van der Waals surface area contributed by atoms with E-state index in [4.69, 9.17) is 4.52 Å². The smallest absolute Gasteiger partial charge is 0.240 e. The van der Waals surface area contributed by atoms with Gasteiger partial charge in [-0.05, 0) is 25.3 Å². The van der Waals surface area contributed by atoms with Gasteiger partial charge in [0.05, 0.1) is 6.10 Å². The highest BCUT2D eigenvalue weighted by Crippen LogP contribution is 2.36. The summed E-state index contributed by atoms with van der Waals surface area (Å²) in [5, 5.41) is 13.1. The third-order valence-corrected chi connectivity index (χ3v) is 2.89. The van der Waals surface area contributed by atoms with Crippen LogP contribution in [0.3, 0.4) is 0 Å². The molecule has 0 bridgehead atoms. The van der Waals surface area contributed by atoms with Crippen LogP contribution >= 0.6 is 0 Å². The molecule has 1 N–H and O–H groups in total. The first-order valence-electron chi connectivity index (χ1n) is 5.53. The Balaban J connectivity index is 1.82. The Morgan fingerprint density at radius 3 is 2.59 bits per heavy atom. The van der Waals surface area contributed by atoms with E-state index >= 15 is 0 Å². The van der Waals surface area contributed by atoms with Gasteiger partial charge in [0, 0.05) is 18.3 Å². The maximum Gasteiger partial charge on any atom is 0.240 e. The third-order valence-electron chi connectivity index (χ3n) is 2.89. The van der Waals surface area contributed by atoms with Crippen LogP contribution in [0.2, 0.25) is 0 Å². The van der Waals surface area contributed by atoms with Crippen LogP contribution < -0.4 is 0 Å². The summed E-state index contributed by atoms with van der Waals surface area (Å²) in [6.07, 6.45) is 4.58. The average molecular weight is 232 g/mol. The highest BCUT2D eigenvalue weighted by atomic mass is 16.5. The fourth-order valence-electron chi connectivity index (χ4n) is 1.79. The van der Waals surface area contributed by atoms with Gasteiger partial charge in [-0.25, -0.2) is 9.97 Å². The number of aromatic nitrogens is 4. The summed E-state index contributed by atoms with van der Waals surface area (Å²) in [6.45, 7) is 1.92. The first kappa shape index (κ1) is 10.3. The van der Waals surface area contributed by atoms with Crippen molar-refractivity contribution in [3.63, 3.8) is 0 Å². The molecule has 3 rings (SSSR count). The van der Waals surface area contributed by atoms with Crippen molar-refractivity contribution in [3.05, 3.63) is 23.8 Å². The Morgan fingerprint density at radius 1 is 1.24 bits per heavy atom. The fourth-order valence-corrected chi connectivity index (χ4v) is 1.79. The fraction of sp³-hybridized carbons (Fsp3) is 0.455. The zero-order valence-corrected chi connectivity index (χ0v) is 9.37. The van der Waals surface area contributed by atoms with E-state index in [-0.39, 0.29) is 12.0 Å². The van der Waals surface area contributed by atoms with E-state index in [9.17, 15) is 5.11 Å². The van der Waals surface area contributed by atoms with Crippen LogP contribution in [0, 0.1) is 6.92 Å². The second-order valence-corrected chi connectivity index (χ2v) is 4.36. The first-order chi connectivity index (χ1) is 8.22. The van der Waals surface area contributed by atoms with E-state index in [0.717, 1.165) is 5.56 Å². The van der Waals surface area contributed by atoms with Gasteiger partial charge in [-0.2, -0.15) is 4.98 Å². The monoisotopic (exact) mass is 232 g/mol. The molecule has 0 atom stereocenters. The number of aryl methyl sites for hydroxylation is 1. The van der Waals surface area contributed by atoms with Crippen LogP contribution in [0.5, 0.6) is 0 Å². The molecule has 2 aromatic heterocycles. The van der Waals surface area contributed by atoms with Gasteiger partial charge in [0.15, 0.2) is 0 Å². The zero-order chi connectivity index (χ0) is 11.8. The van der Waals surface area contributed by atoms with Crippen LogP contribution in [0.1, 0.15) is 30.2 Å². The van der Waals surface area contributed by atoms with Gasteiger partial charge in [0.25, 0.3) is 0 Å². The normalized spacial score (nSPS) is 23.4. The van der Waals surface area contributed by atoms with Crippen LogP contribution in [0.25, 0.3) is 11.6 Å². The van der Waals surface area contributed by atoms with Gasteiger partial charge >= 0.3 is 0 Å². The molecule has 0 spiro atoms. The van der Waals surface area contributed by atoms with Crippen LogP contribution in [-0.4, -0.2) is 31.3 Å². The molecule has 0 aliphatic heterocycles. The molecule has 1 aliphatic rings. The number of aliphatic hydroxyl groups is 1. The lowest BCUT2D eigenvalue weighted by molar-refractivity contribution is 0.0625. The minimum absolute atomic E-state index is 0.177. The maximum absolute atomic E-state index is 9.22. The Morgan fingerprint density at radius 2 is 1.94 bits per heavy atom. The topological polar surface area (TPSA) is 84.9 Å².